The molecular formula is C25H30FN3O3. The lowest BCUT2D eigenvalue weighted by Crippen LogP contribution is -2.43. The molecule has 0 spiro atoms. The lowest BCUT2D eigenvalue weighted by molar-refractivity contribution is 0.0997. The molecule has 1 aliphatic heterocycles. The maximum atomic E-state index is 13.8. The number of ether oxygens (including phenoxy) is 2. The molecule has 0 saturated heterocycles. The van der Waals surface area contributed by atoms with Gasteiger partial charge in [0.2, 0.25) is 5.91 Å². The average Bonchev–Trinajstić information content (AvgIpc) is 3.16. The Bertz CT molecular complexity index is 1130. The SMILES string of the molecule is COc1ccc(C(N)=O)c2c1OC[C@H](NCC(Cc1c[nH]c3ccc(F)cc13)C(C)C)C2. The van der Waals surface area contributed by atoms with E-state index in [1.807, 2.05) is 6.20 Å². The number of fused-ring (bicyclic) bond motifs is 2. The summed E-state index contributed by atoms with van der Waals surface area (Å²) in [7, 11) is 1.58. The summed E-state index contributed by atoms with van der Waals surface area (Å²) in [5.74, 6) is 1.29. The van der Waals surface area contributed by atoms with Gasteiger partial charge in [-0.3, -0.25) is 4.79 Å². The average molecular weight is 440 g/mol. The first-order valence-electron chi connectivity index (χ1n) is 11.0. The number of methoxy groups -OCH3 is 1. The number of benzene rings is 2. The second-order valence-corrected chi connectivity index (χ2v) is 8.82. The Labute approximate surface area is 187 Å². The van der Waals surface area contributed by atoms with Crippen molar-refractivity contribution >= 4 is 16.8 Å². The van der Waals surface area contributed by atoms with Gasteiger partial charge in [-0.1, -0.05) is 13.8 Å². The smallest absolute Gasteiger partial charge is 0.249 e. The van der Waals surface area contributed by atoms with Crippen LogP contribution >= 0.6 is 0 Å². The van der Waals surface area contributed by atoms with E-state index >= 15 is 0 Å². The second kappa shape index (κ2) is 9.20. The van der Waals surface area contributed by atoms with E-state index in [4.69, 9.17) is 15.2 Å². The summed E-state index contributed by atoms with van der Waals surface area (Å²) in [6.45, 7) is 5.66. The molecule has 0 radical (unpaired) electrons. The molecular weight excluding hydrogens is 409 g/mol. The van der Waals surface area contributed by atoms with Crippen molar-refractivity contribution < 1.29 is 18.7 Å². The van der Waals surface area contributed by atoms with Crippen LogP contribution in [0.1, 0.15) is 35.3 Å². The Balaban J connectivity index is 1.47. The highest BCUT2D eigenvalue weighted by Crippen LogP contribution is 2.37. The third-order valence-corrected chi connectivity index (χ3v) is 6.41. The molecule has 32 heavy (non-hydrogen) atoms. The van der Waals surface area contributed by atoms with Crippen molar-refractivity contribution in [2.75, 3.05) is 20.3 Å². The highest BCUT2D eigenvalue weighted by molar-refractivity contribution is 5.95. The molecule has 4 N–H and O–H groups in total. The third kappa shape index (κ3) is 4.43. The lowest BCUT2D eigenvalue weighted by atomic mass is 9.88. The molecule has 3 aromatic rings. The van der Waals surface area contributed by atoms with Crippen molar-refractivity contribution in [2.24, 2.45) is 17.6 Å². The molecule has 2 atom stereocenters. The minimum Gasteiger partial charge on any atom is -0.493 e. The fourth-order valence-corrected chi connectivity index (χ4v) is 4.44. The zero-order valence-electron chi connectivity index (χ0n) is 18.7. The Morgan fingerprint density at radius 2 is 2.16 bits per heavy atom. The van der Waals surface area contributed by atoms with E-state index < -0.39 is 5.91 Å². The largest absolute Gasteiger partial charge is 0.493 e. The summed E-state index contributed by atoms with van der Waals surface area (Å²) >= 11 is 0. The molecule has 1 aromatic heterocycles. The second-order valence-electron chi connectivity index (χ2n) is 8.82. The highest BCUT2D eigenvalue weighted by atomic mass is 19.1. The van der Waals surface area contributed by atoms with E-state index in [0.29, 0.717) is 41.9 Å². The Morgan fingerprint density at radius 1 is 1.34 bits per heavy atom. The van der Waals surface area contributed by atoms with Crippen LogP contribution in [0.2, 0.25) is 0 Å². The van der Waals surface area contributed by atoms with Crippen LogP contribution in [0.25, 0.3) is 10.9 Å². The van der Waals surface area contributed by atoms with Crippen molar-refractivity contribution in [2.45, 2.75) is 32.7 Å². The van der Waals surface area contributed by atoms with E-state index in [-0.39, 0.29) is 11.9 Å². The predicted octanol–water partition coefficient (Wildman–Crippen LogP) is 3.82. The molecule has 170 valence electrons. The van der Waals surface area contributed by atoms with Gasteiger partial charge in [-0.25, -0.2) is 4.39 Å². The van der Waals surface area contributed by atoms with Gasteiger partial charge in [-0.2, -0.15) is 0 Å². The third-order valence-electron chi connectivity index (χ3n) is 6.41. The molecule has 1 aliphatic rings. The van der Waals surface area contributed by atoms with Gasteiger partial charge in [0.1, 0.15) is 12.4 Å². The first-order chi connectivity index (χ1) is 15.4. The first-order valence-corrected chi connectivity index (χ1v) is 11.0. The molecule has 0 fully saturated rings. The van der Waals surface area contributed by atoms with Crippen molar-refractivity contribution in [3.8, 4) is 11.5 Å². The standard InChI is InChI=1S/C25H30FN3O3/c1-14(2)15(8-16-12-29-22-6-4-17(26)9-20(16)22)11-28-18-10-21-19(25(27)30)5-7-23(31-3)24(21)32-13-18/h4-7,9,12,14-15,18,28-29H,8,10-11,13H2,1-3H3,(H2,27,30)/t15?,18-/m1/s1. The van der Waals surface area contributed by atoms with Gasteiger partial charge >= 0.3 is 0 Å². The zero-order chi connectivity index (χ0) is 22.8. The summed E-state index contributed by atoms with van der Waals surface area (Å²) in [5.41, 5.74) is 8.90. The van der Waals surface area contributed by atoms with Crippen LogP contribution in [0.3, 0.4) is 0 Å². The van der Waals surface area contributed by atoms with Crippen LogP contribution in [-0.2, 0) is 12.8 Å². The summed E-state index contributed by atoms with van der Waals surface area (Å²) < 4.78 is 25.1. The van der Waals surface area contributed by atoms with Gasteiger partial charge in [-0.15, -0.1) is 0 Å². The van der Waals surface area contributed by atoms with E-state index in [2.05, 4.69) is 24.1 Å². The first kappa shape index (κ1) is 22.1. The number of primary amides is 1. The number of hydrogen-bond acceptors (Lipinski definition) is 4. The lowest BCUT2D eigenvalue weighted by Gasteiger charge is -2.30. The van der Waals surface area contributed by atoms with Crippen molar-refractivity contribution in [3.63, 3.8) is 0 Å². The molecule has 1 unspecified atom stereocenters. The number of hydrogen-bond donors (Lipinski definition) is 3. The van der Waals surface area contributed by atoms with Gasteiger partial charge in [-0.05, 0) is 67.1 Å². The van der Waals surface area contributed by atoms with Crippen LogP contribution in [0, 0.1) is 17.7 Å². The maximum Gasteiger partial charge on any atom is 0.249 e. The summed E-state index contributed by atoms with van der Waals surface area (Å²) in [6.07, 6.45) is 3.44. The fraction of sp³-hybridized carbons (Fsp3) is 0.400. The molecule has 1 amide bonds. The highest BCUT2D eigenvalue weighted by Gasteiger charge is 2.28. The van der Waals surface area contributed by atoms with Crippen molar-refractivity contribution in [1.82, 2.24) is 10.3 Å². The molecule has 0 bridgehead atoms. The number of aromatic amines is 1. The molecule has 7 heteroatoms. The predicted molar refractivity (Wildman–Crippen MR) is 123 cm³/mol. The van der Waals surface area contributed by atoms with Crippen molar-refractivity contribution in [3.05, 3.63) is 59.0 Å². The van der Waals surface area contributed by atoms with E-state index in [1.165, 1.54) is 6.07 Å². The van der Waals surface area contributed by atoms with Crippen LogP contribution in [0.5, 0.6) is 11.5 Å². The van der Waals surface area contributed by atoms with Gasteiger partial charge < -0.3 is 25.5 Å². The van der Waals surface area contributed by atoms with Crippen molar-refractivity contribution in [1.29, 1.82) is 0 Å². The number of H-pyrrole nitrogens is 1. The number of carbonyl (C=O) groups is 1. The minimum absolute atomic E-state index is 0.0503. The van der Waals surface area contributed by atoms with E-state index in [1.54, 1.807) is 31.4 Å². The van der Waals surface area contributed by atoms with E-state index in [9.17, 15) is 9.18 Å². The molecule has 0 saturated carbocycles. The summed E-state index contributed by atoms with van der Waals surface area (Å²) in [6, 6.07) is 8.30. The van der Waals surface area contributed by atoms with Crippen LogP contribution < -0.4 is 20.5 Å². The molecule has 4 rings (SSSR count). The molecule has 2 heterocycles. The zero-order valence-corrected chi connectivity index (χ0v) is 18.7. The van der Waals surface area contributed by atoms with Crippen LogP contribution in [0.4, 0.5) is 4.39 Å². The Hall–Kier alpha value is -3.06. The number of nitrogens with two attached hydrogens (primary N) is 1. The maximum absolute atomic E-state index is 13.8. The van der Waals surface area contributed by atoms with Gasteiger partial charge in [0, 0.05) is 34.3 Å². The quantitative estimate of drug-likeness (QED) is 0.498. The van der Waals surface area contributed by atoms with E-state index in [0.717, 1.165) is 35.0 Å². The van der Waals surface area contributed by atoms with Gasteiger partial charge in [0.15, 0.2) is 11.5 Å². The normalized spacial score (nSPS) is 16.6. The van der Waals surface area contributed by atoms with Crippen LogP contribution in [-0.4, -0.2) is 37.2 Å². The molecule has 2 aromatic carbocycles. The molecule has 0 aliphatic carbocycles. The Kier molecular flexibility index (Phi) is 6.37. The van der Waals surface area contributed by atoms with Gasteiger partial charge in [0.25, 0.3) is 0 Å². The number of amides is 1. The monoisotopic (exact) mass is 439 g/mol. The number of halogens is 1. The number of aromatic nitrogens is 1. The summed E-state index contributed by atoms with van der Waals surface area (Å²) in [4.78, 5) is 15.2. The number of rotatable bonds is 8. The number of carbonyl (C=O) groups excluding carboxylic acids is 1. The summed E-state index contributed by atoms with van der Waals surface area (Å²) in [5, 5.41) is 4.55. The topological polar surface area (TPSA) is 89.4 Å². The Morgan fingerprint density at radius 3 is 2.88 bits per heavy atom. The van der Waals surface area contributed by atoms with Crippen LogP contribution in [0.15, 0.2) is 36.5 Å². The minimum atomic E-state index is -0.472. The van der Waals surface area contributed by atoms with Gasteiger partial charge in [0.05, 0.1) is 7.11 Å². The fourth-order valence-electron chi connectivity index (χ4n) is 4.44. The number of nitrogens with one attached hydrogen (secondary N) is 2. The molecule has 6 nitrogen and oxygen atoms in total.